The Morgan fingerprint density at radius 2 is 1.86 bits per heavy atom. The summed E-state index contributed by atoms with van der Waals surface area (Å²) in [5, 5.41) is 0. The topological polar surface area (TPSA) is 57.0 Å². The average molecular weight is 425 g/mol. The highest BCUT2D eigenvalue weighted by atomic mass is 35.5. The molecule has 0 spiro atoms. The van der Waals surface area contributed by atoms with Crippen molar-refractivity contribution in [1.29, 1.82) is 0 Å². The first-order chi connectivity index (χ1) is 13.6. The molecule has 5 nitrogen and oxygen atoms in total. The van der Waals surface area contributed by atoms with Gasteiger partial charge in [-0.1, -0.05) is 25.1 Å². The third-order valence-corrected chi connectivity index (χ3v) is 5.11. The molecule has 1 unspecified atom stereocenters. The van der Waals surface area contributed by atoms with Gasteiger partial charge in [-0.2, -0.15) is 0 Å². The number of ether oxygens (including phenoxy) is 3. The maximum atomic E-state index is 13.1. The number of piperidine rings is 1. The number of hydrogen-bond acceptors (Lipinski definition) is 5. The van der Waals surface area contributed by atoms with Crippen LogP contribution in [0.5, 0.6) is 17.2 Å². The van der Waals surface area contributed by atoms with Crippen molar-refractivity contribution in [3.05, 3.63) is 48.3 Å². The molecule has 2 aromatic carbocycles. The van der Waals surface area contributed by atoms with E-state index in [1.807, 2.05) is 12.1 Å². The van der Waals surface area contributed by atoms with Gasteiger partial charge in [0.2, 0.25) is 0 Å². The van der Waals surface area contributed by atoms with E-state index >= 15 is 0 Å². The van der Waals surface area contributed by atoms with Crippen molar-refractivity contribution in [3.8, 4) is 17.2 Å². The van der Waals surface area contributed by atoms with Crippen LogP contribution in [0.1, 0.15) is 19.8 Å². The van der Waals surface area contributed by atoms with Gasteiger partial charge in [0, 0.05) is 19.6 Å². The first-order valence-corrected chi connectivity index (χ1v) is 9.78. The van der Waals surface area contributed by atoms with Crippen LogP contribution in [0.4, 0.5) is 10.1 Å². The molecule has 2 N–H and O–H groups in total. The number of hydrogen-bond donors (Lipinski definition) is 1. The maximum Gasteiger partial charge on any atom is 0.197 e. The third kappa shape index (κ3) is 5.90. The summed E-state index contributed by atoms with van der Waals surface area (Å²) < 4.78 is 29.1. The summed E-state index contributed by atoms with van der Waals surface area (Å²) in [6.07, 6.45) is 2.33. The largest absolute Gasteiger partial charge is 0.495 e. The molecule has 7 heteroatoms. The number of nitrogens with two attached hydrogens (primary N) is 1. The van der Waals surface area contributed by atoms with Crippen LogP contribution in [-0.4, -0.2) is 39.5 Å². The first-order valence-electron chi connectivity index (χ1n) is 9.78. The Morgan fingerprint density at radius 1 is 1.14 bits per heavy atom. The quantitative estimate of drug-likeness (QED) is 0.797. The van der Waals surface area contributed by atoms with E-state index in [4.69, 9.17) is 19.9 Å². The fourth-order valence-electron chi connectivity index (χ4n) is 3.36. The smallest absolute Gasteiger partial charge is 0.197 e. The van der Waals surface area contributed by atoms with E-state index in [-0.39, 0.29) is 24.3 Å². The molecule has 1 saturated heterocycles. The Labute approximate surface area is 178 Å². The second-order valence-electron chi connectivity index (χ2n) is 7.20. The van der Waals surface area contributed by atoms with Crippen molar-refractivity contribution in [2.75, 3.05) is 38.3 Å². The molecule has 0 aromatic heterocycles. The highest BCUT2D eigenvalue weighted by Gasteiger charge is 2.22. The van der Waals surface area contributed by atoms with E-state index in [1.165, 1.54) is 24.6 Å². The maximum absolute atomic E-state index is 13.1. The molecule has 29 heavy (non-hydrogen) atoms. The minimum Gasteiger partial charge on any atom is -0.495 e. The molecule has 2 aliphatic heterocycles. The first kappa shape index (κ1) is 23.1. The molecule has 4 rings (SSSR count). The summed E-state index contributed by atoms with van der Waals surface area (Å²) in [5.41, 5.74) is 6.63. The number of methoxy groups -OCH3 is 1. The standard InChI is InChI=1S/C13H19NO.C9H10FNO2.ClH/c1-11-7-9-14(10-8-11)12-5-3-4-6-13(12)15-2;10-7-2-1-3-8-9(7)13-6(4-11)5-12-8;/h3-6,11H,7-10H2,1-2H3;1-3,6H,4-5,11H2;1H. The highest BCUT2D eigenvalue weighted by Crippen LogP contribution is 2.33. The van der Waals surface area contributed by atoms with E-state index in [1.54, 1.807) is 19.2 Å². The van der Waals surface area contributed by atoms with Gasteiger partial charge in [0.15, 0.2) is 17.3 Å². The molecule has 2 heterocycles. The van der Waals surface area contributed by atoms with Gasteiger partial charge in [0.1, 0.15) is 18.5 Å². The molecule has 1 fully saturated rings. The van der Waals surface area contributed by atoms with E-state index in [0.717, 1.165) is 24.8 Å². The third-order valence-electron chi connectivity index (χ3n) is 5.11. The second kappa shape index (κ2) is 11.1. The summed E-state index contributed by atoms with van der Waals surface area (Å²) in [7, 11) is 1.74. The van der Waals surface area contributed by atoms with Crippen LogP contribution < -0.4 is 24.8 Å². The van der Waals surface area contributed by atoms with Crippen molar-refractivity contribution < 1.29 is 18.6 Å². The van der Waals surface area contributed by atoms with Gasteiger partial charge in [-0.3, -0.25) is 0 Å². The fourth-order valence-corrected chi connectivity index (χ4v) is 3.36. The molecule has 2 aromatic rings. The lowest BCUT2D eigenvalue weighted by Crippen LogP contribution is -2.36. The summed E-state index contributed by atoms with van der Waals surface area (Å²) in [6.45, 7) is 5.35. The predicted octanol–water partition coefficient (Wildman–Crippen LogP) is 4.28. The number of rotatable bonds is 3. The van der Waals surface area contributed by atoms with Crippen LogP contribution in [0.3, 0.4) is 0 Å². The van der Waals surface area contributed by atoms with Crippen LogP contribution in [0.2, 0.25) is 0 Å². The number of fused-ring (bicyclic) bond motifs is 1. The second-order valence-corrected chi connectivity index (χ2v) is 7.20. The van der Waals surface area contributed by atoms with Gasteiger partial charge >= 0.3 is 0 Å². The zero-order valence-corrected chi connectivity index (χ0v) is 17.8. The van der Waals surface area contributed by atoms with E-state index in [0.29, 0.717) is 18.9 Å². The number of benzene rings is 2. The van der Waals surface area contributed by atoms with Crippen molar-refractivity contribution >= 4 is 18.1 Å². The predicted molar refractivity (Wildman–Crippen MR) is 116 cm³/mol. The molecule has 0 amide bonds. The van der Waals surface area contributed by atoms with Crippen molar-refractivity contribution in [2.45, 2.75) is 25.9 Å². The van der Waals surface area contributed by atoms with E-state index in [2.05, 4.69) is 24.0 Å². The van der Waals surface area contributed by atoms with Gasteiger partial charge in [-0.15, -0.1) is 12.4 Å². The van der Waals surface area contributed by atoms with Crippen LogP contribution in [-0.2, 0) is 0 Å². The van der Waals surface area contributed by atoms with Crippen LogP contribution in [0.25, 0.3) is 0 Å². The van der Waals surface area contributed by atoms with E-state index in [9.17, 15) is 4.39 Å². The summed E-state index contributed by atoms with van der Waals surface area (Å²) in [6, 6.07) is 12.9. The Morgan fingerprint density at radius 3 is 2.55 bits per heavy atom. The Bertz CT molecular complexity index is 769. The number of nitrogens with zero attached hydrogens (tertiary/aromatic N) is 1. The number of para-hydroxylation sites is 3. The zero-order chi connectivity index (χ0) is 19.9. The molecule has 1 atom stereocenters. The van der Waals surface area contributed by atoms with Crippen LogP contribution in [0.15, 0.2) is 42.5 Å². The molecule has 2 aliphatic rings. The minimum absolute atomic E-state index is 0. The summed E-state index contributed by atoms with van der Waals surface area (Å²) >= 11 is 0. The Kier molecular flexibility index (Phi) is 8.86. The Hall–Kier alpha value is -2.18. The lowest BCUT2D eigenvalue weighted by Gasteiger charge is -2.32. The molecule has 0 bridgehead atoms. The highest BCUT2D eigenvalue weighted by molar-refractivity contribution is 5.85. The molecule has 0 saturated carbocycles. The number of halogens is 2. The van der Waals surface area contributed by atoms with Crippen molar-refractivity contribution in [1.82, 2.24) is 0 Å². The minimum atomic E-state index is -0.407. The average Bonchev–Trinajstić information content (AvgIpc) is 2.75. The monoisotopic (exact) mass is 424 g/mol. The molecule has 0 aliphatic carbocycles. The van der Waals surface area contributed by atoms with Crippen molar-refractivity contribution in [3.63, 3.8) is 0 Å². The lowest BCUT2D eigenvalue weighted by atomic mass is 9.99. The molecule has 0 radical (unpaired) electrons. The van der Waals surface area contributed by atoms with Gasteiger partial charge < -0.3 is 24.8 Å². The zero-order valence-electron chi connectivity index (χ0n) is 17.0. The normalized spacial score (nSPS) is 18.2. The Balaban J connectivity index is 0.000000202. The fraction of sp³-hybridized carbons (Fsp3) is 0.455. The summed E-state index contributed by atoms with van der Waals surface area (Å²) in [5.74, 6) is 2.08. The lowest BCUT2D eigenvalue weighted by molar-refractivity contribution is 0.0913. The molecule has 160 valence electrons. The van der Waals surface area contributed by atoms with E-state index < -0.39 is 5.82 Å². The van der Waals surface area contributed by atoms with Crippen LogP contribution in [0, 0.1) is 11.7 Å². The van der Waals surface area contributed by atoms with Gasteiger partial charge in [0.05, 0.1) is 12.8 Å². The van der Waals surface area contributed by atoms with Crippen molar-refractivity contribution in [2.24, 2.45) is 11.7 Å². The van der Waals surface area contributed by atoms with Crippen LogP contribution >= 0.6 is 12.4 Å². The summed E-state index contributed by atoms with van der Waals surface area (Å²) in [4.78, 5) is 2.43. The number of anilines is 1. The van der Waals surface area contributed by atoms with Gasteiger partial charge in [-0.05, 0) is 43.0 Å². The van der Waals surface area contributed by atoms with Gasteiger partial charge in [0.25, 0.3) is 0 Å². The van der Waals surface area contributed by atoms with Gasteiger partial charge in [-0.25, -0.2) is 4.39 Å². The molecular formula is C22H30ClFN2O3. The molecular weight excluding hydrogens is 395 g/mol. The SMILES string of the molecule is COc1ccccc1N1CCC(C)CC1.Cl.NCC1COc2cccc(F)c2O1.